The Kier molecular flexibility index (Phi) is 5.17. The lowest BCUT2D eigenvalue weighted by Crippen LogP contribution is -2.28. The summed E-state index contributed by atoms with van der Waals surface area (Å²) >= 11 is 0. The molecule has 0 aromatic heterocycles. The maximum absolute atomic E-state index is 6.01. The monoisotopic (exact) mass is 220 g/mol. The Morgan fingerprint density at radius 1 is 1.25 bits per heavy atom. The molecule has 1 rings (SSSR count). The van der Waals surface area contributed by atoms with Crippen molar-refractivity contribution < 1.29 is 0 Å². The fourth-order valence-electron chi connectivity index (χ4n) is 2.13. The van der Waals surface area contributed by atoms with Gasteiger partial charge in [0.1, 0.15) is 0 Å². The molecule has 16 heavy (non-hydrogen) atoms. The van der Waals surface area contributed by atoms with Crippen LogP contribution in [0.5, 0.6) is 0 Å². The second kappa shape index (κ2) is 6.41. The Morgan fingerprint density at radius 2 is 1.94 bits per heavy atom. The smallest absolute Gasteiger partial charge is 0.0599 e. The lowest BCUT2D eigenvalue weighted by molar-refractivity contribution is 0.515. The van der Waals surface area contributed by atoms with Gasteiger partial charge < -0.3 is 10.6 Å². The third-order valence-electron chi connectivity index (χ3n) is 2.97. The van der Waals surface area contributed by atoms with E-state index in [2.05, 4.69) is 37.8 Å². The van der Waals surface area contributed by atoms with Gasteiger partial charge in [-0.25, -0.2) is 0 Å². The second-order valence-corrected chi connectivity index (χ2v) is 4.49. The molecule has 0 radical (unpaired) electrons. The van der Waals surface area contributed by atoms with Crippen LogP contribution in [0.4, 0.5) is 11.4 Å². The molecule has 1 atom stereocenters. The predicted octanol–water partition coefficient (Wildman–Crippen LogP) is 3.53. The van der Waals surface area contributed by atoms with Gasteiger partial charge in [0.2, 0.25) is 0 Å². The molecule has 2 nitrogen and oxygen atoms in total. The minimum Gasteiger partial charge on any atom is -0.397 e. The Hall–Kier alpha value is -1.18. The Bertz CT molecular complexity index is 309. The van der Waals surface area contributed by atoms with Crippen molar-refractivity contribution in [2.75, 3.05) is 23.7 Å². The van der Waals surface area contributed by atoms with E-state index in [1.807, 2.05) is 12.1 Å². The summed E-state index contributed by atoms with van der Waals surface area (Å²) in [5.74, 6) is 0.726. The molecule has 0 fully saturated rings. The van der Waals surface area contributed by atoms with Gasteiger partial charge in [-0.15, -0.1) is 0 Å². The van der Waals surface area contributed by atoms with Crippen molar-refractivity contribution in [3.63, 3.8) is 0 Å². The van der Waals surface area contributed by atoms with Crippen molar-refractivity contribution in [3.05, 3.63) is 24.3 Å². The van der Waals surface area contributed by atoms with Gasteiger partial charge in [-0.1, -0.05) is 32.4 Å². The van der Waals surface area contributed by atoms with Crippen LogP contribution in [0.15, 0.2) is 24.3 Å². The number of hydrogen-bond acceptors (Lipinski definition) is 2. The van der Waals surface area contributed by atoms with Crippen molar-refractivity contribution in [2.24, 2.45) is 5.92 Å². The molecule has 90 valence electrons. The summed E-state index contributed by atoms with van der Waals surface area (Å²) in [6.07, 6.45) is 2.53. The number of nitrogen functional groups attached to an aromatic ring is 1. The van der Waals surface area contributed by atoms with Gasteiger partial charge in [0.25, 0.3) is 0 Å². The molecule has 1 unspecified atom stereocenters. The highest BCUT2D eigenvalue weighted by molar-refractivity contribution is 5.67. The van der Waals surface area contributed by atoms with Crippen molar-refractivity contribution in [2.45, 2.75) is 33.6 Å². The molecule has 0 spiro atoms. The molecule has 0 aliphatic rings. The fourth-order valence-corrected chi connectivity index (χ4v) is 2.13. The summed E-state index contributed by atoms with van der Waals surface area (Å²) in [7, 11) is 0. The average Bonchev–Trinajstić information content (AvgIpc) is 2.27. The second-order valence-electron chi connectivity index (χ2n) is 4.49. The number of benzene rings is 1. The van der Waals surface area contributed by atoms with Crippen LogP contribution in [0.2, 0.25) is 0 Å². The number of para-hydroxylation sites is 2. The third kappa shape index (κ3) is 3.44. The van der Waals surface area contributed by atoms with Gasteiger partial charge in [0, 0.05) is 13.1 Å². The number of nitrogens with zero attached hydrogens (tertiary/aromatic N) is 1. The Morgan fingerprint density at radius 3 is 2.50 bits per heavy atom. The largest absolute Gasteiger partial charge is 0.397 e. The van der Waals surface area contributed by atoms with Gasteiger partial charge in [0.05, 0.1) is 11.4 Å². The average molecular weight is 220 g/mol. The summed E-state index contributed by atoms with van der Waals surface area (Å²) in [6, 6.07) is 8.13. The van der Waals surface area contributed by atoms with Gasteiger partial charge in [-0.3, -0.25) is 0 Å². The minimum atomic E-state index is 0.726. The first-order valence-electron chi connectivity index (χ1n) is 6.28. The van der Waals surface area contributed by atoms with E-state index in [-0.39, 0.29) is 0 Å². The molecule has 1 aromatic rings. The zero-order valence-corrected chi connectivity index (χ0v) is 10.7. The van der Waals surface area contributed by atoms with Crippen LogP contribution < -0.4 is 10.6 Å². The molecule has 0 heterocycles. The topological polar surface area (TPSA) is 29.3 Å². The zero-order valence-electron chi connectivity index (χ0n) is 10.7. The summed E-state index contributed by atoms with van der Waals surface area (Å²) in [4.78, 5) is 2.37. The molecule has 0 saturated heterocycles. The van der Waals surface area contributed by atoms with Crippen LogP contribution in [0, 0.1) is 5.92 Å². The predicted molar refractivity (Wildman–Crippen MR) is 72.8 cm³/mol. The molecule has 2 N–H and O–H groups in total. The lowest BCUT2D eigenvalue weighted by atomic mass is 10.1. The molecule has 0 aliphatic carbocycles. The van der Waals surface area contributed by atoms with Crippen LogP contribution in [0.3, 0.4) is 0 Å². The summed E-state index contributed by atoms with van der Waals surface area (Å²) in [6.45, 7) is 8.85. The maximum atomic E-state index is 6.01. The van der Waals surface area contributed by atoms with Crippen LogP contribution in [0.1, 0.15) is 33.6 Å². The molecular weight excluding hydrogens is 196 g/mol. The number of nitrogens with two attached hydrogens (primary N) is 1. The van der Waals surface area contributed by atoms with Gasteiger partial charge in [-0.2, -0.15) is 0 Å². The van der Waals surface area contributed by atoms with Crippen LogP contribution >= 0.6 is 0 Å². The highest BCUT2D eigenvalue weighted by Gasteiger charge is 2.10. The number of hydrogen-bond donors (Lipinski definition) is 1. The Balaban J connectivity index is 2.71. The molecule has 0 aliphatic heterocycles. The normalized spacial score (nSPS) is 12.4. The van der Waals surface area contributed by atoms with E-state index in [1.165, 1.54) is 18.5 Å². The van der Waals surface area contributed by atoms with Crippen molar-refractivity contribution >= 4 is 11.4 Å². The Labute approximate surface area is 99.5 Å². The van der Waals surface area contributed by atoms with Crippen molar-refractivity contribution in [3.8, 4) is 0 Å². The van der Waals surface area contributed by atoms with Crippen LogP contribution in [0.25, 0.3) is 0 Å². The number of rotatable bonds is 6. The summed E-state index contributed by atoms with van der Waals surface area (Å²) < 4.78 is 0. The van der Waals surface area contributed by atoms with Crippen LogP contribution in [-0.4, -0.2) is 13.1 Å². The highest BCUT2D eigenvalue weighted by Crippen LogP contribution is 2.23. The van der Waals surface area contributed by atoms with Crippen molar-refractivity contribution in [1.29, 1.82) is 0 Å². The number of anilines is 2. The molecule has 0 amide bonds. The maximum Gasteiger partial charge on any atom is 0.0599 e. The molecule has 0 bridgehead atoms. The SMILES string of the molecule is CCCC(C)CN(CC)c1ccccc1N. The first-order valence-corrected chi connectivity index (χ1v) is 6.28. The quantitative estimate of drug-likeness (QED) is 0.743. The first kappa shape index (κ1) is 12.9. The van der Waals surface area contributed by atoms with E-state index in [0.29, 0.717) is 0 Å². The minimum absolute atomic E-state index is 0.726. The van der Waals surface area contributed by atoms with E-state index >= 15 is 0 Å². The standard InChI is InChI=1S/C14H24N2/c1-4-8-12(3)11-16(5-2)14-10-7-6-9-13(14)15/h6-7,9-10,12H,4-5,8,11,15H2,1-3H3. The fraction of sp³-hybridized carbons (Fsp3) is 0.571. The van der Waals surface area contributed by atoms with E-state index in [0.717, 1.165) is 24.7 Å². The summed E-state index contributed by atoms with van der Waals surface area (Å²) in [5, 5.41) is 0. The van der Waals surface area contributed by atoms with Crippen LogP contribution in [-0.2, 0) is 0 Å². The highest BCUT2D eigenvalue weighted by atomic mass is 15.1. The van der Waals surface area contributed by atoms with E-state index < -0.39 is 0 Å². The van der Waals surface area contributed by atoms with E-state index in [4.69, 9.17) is 5.73 Å². The molecule has 1 aromatic carbocycles. The zero-order chi connectivity index (χ0) is 12.0. The molecule has 2 heteroatoms. The summed E-state index contributed by atoms with van der Waals surface area (Å²) in [5.41, 5.74) is 8.06. The third-order valence-corrected chi connectivity index (χ3v) is 2.97. The van der Waals surface area contributed by atoms with Gasteiger partial charge >= 0.3 is 0 Å². The van der Waals surface area contributed by atoms with E-state index in [1.54, 1.807) is 0 Å². The van der Waals surface area contributed by atoms with E-state index in [9.17, 15) is 0 Å². The van der Waals surface area contributed by atoms with Gasteiger partial charge in [0.15, 0.2) is 0 Å². The first-order chi connectivity index (χ1) is 7.69. The van der Waals surface area contributed by atoms with Crippen molar-refractivity contribution in [1.82, 2.24) is 0 Å². The molecular formula is C14H24N2. The lowest BCUT2D eigenvalue weighted by Gasteiger charge is -2.27. The van der Waals surface area contributed by atoms with Gasteiger partial charge in [-0.05, 0) is 31.4 Å². The molecule has 0 saturated carbocycles.